The molecule has 9 heteroatoms. The average Bonchev–Trinajstić information content (AvgIpc) is 3.00. The van der Waals surface area contributed by atoms with Crippen LogP contribution in [0.2, 0.25) is 0 Å². The van der Waals surface area contributed by atoms with Gasteiger partial charge in [0.15, 0.2) is 5.69 Å². The number of imidazole rings is 1. The zero-order valence-electron chi connectivity index (χ0n) is 12.9. The summed E-state index contributed by atoms with van der Waals surface area (Å²) in [6.45, 7) is 2.80. The van der Waals surface area contributed by atoms with E-state index in [0.717, 1.165) is 11.3 Å². The van der Waals surface area contributed by atoms with Gasteiger partial charge in [0.2, 0.25) is 5.95 Å². The number of alkyl halides is 2. The van der Waals surface area contributed by atoms with Crippen molar-refractivity contribution in [3.63, 3.8) is 0 Å². The van der Waals surface area contributed by atoms with Gasteiger partial charge in [-0.1, -0.05) is 0 Å². The minimum absolute atomic E-state index is 0.0255. The van der Waals surface area contributed by atoms with Gasteiger partial charge in [0.25, 0.3) is 5.92 Å². The van der Waals surface area contributed by atoms with E-state index in [1.807, 2.05) is 6.92 Å². The maximum absolute atomic E-state index is 13.3. The van der Waals surface area contributed by atoms with Crippen molar-refractivity contribution >= 4 is 11.9 Å². The number of aromatic nitrogens is 4. The van der Waals surface area contributed by atoms with E-state index in [9.17, 15) is 13.6 Å². The molecule has 1 saturated heterocycles. The molecule has 1 saturated carbocycles. The highest BCUT2D eigenvalue weighted by molar-refractivity contribution is 5.84. The number of carboxylic acids is 1. The van der Waals surface area contributed by atoms with E-state index in [1.165, 1.54) is 12.5 Å². The largest absolute Gasteiger partial charge is 0.476 e. The lowest BCUT2D eigenvalue weighted by Crippen LogP contribution is -2.29. The van der Waals surface area contributed by atoms with Gasteiger partial charge in [0.05, 0.1) is 24.7 Å². The Kier molecular flexibility index (Phi) is 3.09. The minimum Gasteiger partial charge on any atom is -0.476 e. The first-order valence-electron chi connectivity index (χ1n) is 7.56. The van der Waals surface area contributed by atoms with Crippen molar-refractivity contribution in [2.45, 2.75) is 19.4 Å². The molecule has 0 radical (unpaired) electrons. The molecule has 2 unspecified atom stereocenters. The van der Waals surface area contributed by atoms with Gasteiger partial charge in [-0.2, -0.15) is 0 Å². The minimum atomic E-state index is -2.52. The van der Waals surface area contributed by atoms with Crippen LogP contribution in [0, 0.1) is 18.8 Å². The molecule has 126 valence electrons. The van der Waals surface area contributed by atoms with E-state index in [4.69, 9.17) is 5.11 Å². The van der Waals surface area contributed by atoms with E-state index in [2.05, 4.69) is 15.0 Å². The Balaban J connectivity index is 1.47. The fourth-order valence-corrected chi connectivity index (χ4v) is 3.21. The summed E-state index contributed by atoms with van der Waals surface area (Å²) in [4.78, 5) is 25.1. The number of carboxylic acid groups (broad SMARTS) is 1. The van der Waals surface area contributed by atoms with E-state index < -0.39 is 23.7 Å². The second-order valence-corrected chi connectivity index (χ2v) is 6.31. The summed E-state index contributed by atoms with van der Waals surface area (Å²) >= 11 is 0. The van der Waals surface area contributed by atoms with Gasteiger partial charge in [0, 0.05) is 36.7 Å². The summed E-state index contributed by atoms with van der Waals surface area (Å²) in [7, 11) is 0. The molecule has 24 heavy (non-hydrogen) atoms. The van der Waals surface area contributed by atoms with Crippen LogP contribution in [-0.2, 0) is 6.54 Å². The average molecular weight is 335 g/mol. The van der Waals surface area contributed by atoms with Crippen molar-refractivity contribution in [1.29, 1.82) is 0 Å². The monoisotopic (exact) mass is 335 g/mol. The number of piperidine rings is 1. The van der Waals surface area contributed by atoms with E-state index in [1.54, 1.807) is 15.7 Å². The number of aromatic carboxylic acids is 1. The van der Waals surface area contributed by atoms with Crippen LogP contribution in [0.5, 0.6) is 0 Å². The fourth-order valence-electron chi connectivity index (χ4n) is 3.21. The Morgan fingerprint density at radius 3 is 2.67 bits per heavy atom. The number of nitrogens with zero attached hydrogens (tertiary/aromatic N) is 5. The highest BCUT2D eigenvalue weighted by Gasteiger charge is 2.71. The molecule has 7 nitrogen and oxygen atoms in total. The predicted octanol–water partition coefficient (Wildman–Crippen LogP) is 1.43. The molecule has 0 bridgehead atoms. The Bertz CT molecular complexity index is 808. The van der Waals surface area contributed by atoms with Gasteiger partial charge >= 0.3 is 5.97 Å². The number of hydrogen-bond acceptors (Lipinski definition) is 5. The smallest absolute Gasteiger partial charge is 0.356 e. The Morgan fingerprint density at radius 1 is 1.38 bits per heavy atom. The molecule has 4 rings (SSSR count). The molecule has 2 aromatic heterocycles. The number of rotatable bonds is 4. The van der Waals surface area contributed by atoms with Crippen LogP contribution in [-0.4, -0.2) is 49.6 Å². The first-order valence-corrected chi connectivity index (χ1v) is 7.56. The number of fused-ring (bicyclic) bond motifs is 1. The lowest BCUT2D eigenvalue weighted by molar-refractivity contribution is 0.0690. The molecule has 2 atom stereocenters. The van der Waals surface area contributed by atoms with Crippen LogP contribution < -0.4 is 4.90 Å². The standard InChI is InChI=1S/C15H15F2N5O2/c1-8-9(3-21-6-12(13(23)24)19-7-21)2-18-14(20-8)22-4-10-11(5-22)15(10,16)17/h2,6-7,10-11H,3-5H2,1H3,(H,23,24). The molecule has 2 aromatic rings. The number of halogens is 2. The van der Waals surface area contributed by atoms with Gasteiger partial charge in [-0.15, -0.1) is 0 Å². The highest BCUT2D eigenvalue weighted by atomic mass is 19.3. The molecule has 2 aliphatic rings. The molecule has 3 heterocycles. The molecule has 1 aliphatic heterocycles. The van der Waals surface area contributed by atoms with Crippen LogP contribution in [0.4, 0.5) is 14.7 Å². The molecule has 1 N–H and O–H groups in total. The van der Waals surface area contributed by atoms with Crippen molar-refractivity contribution in [1.82, 2.24) is 19.5 Å². The topological polar surface area (TPSA) is 84.1 Å². The van der Waals surface area contributed by atoms with Gasteiger partial charge in [-0.3, -0.25) is 0 Å². The molecule has 0 amide bonds. The van der Waals surface area contributed by atoms with Crippen LogP contribution in [0.25, 0.3) is 0 Å². The lowest BCUT2D eigenvalue weighted by atomic mass is 10.2. The Labute approximate surface area is 136 Å². The van der Waals surface area contributed by atoms with Crippen molar-refractivity contribution in [3.8, 4) is 0 Å². The summed E-state index contributed by atoms with van der Waals surface area (Å²) in [5.41, 5.74) is 1.53. The zero-order valence-corrected chi connectivity index (χ0v) is 12.9. The number of aryl methyl sites for hydroxylation is 1. The van der Waals surface area contributed by atoms with E-state index in [-0.39, 0.29) is 5.69 Å². The molecular weight excluding hydrogens is 320 g/mol. The number of hydrogen-bond donors (Lipinski definition) is 1. The summed E-state index contributed by atoms with van der Waals surface area (Å²) < 4.78 is 28.2. The molecule has 2 fully saturated rings. The maximum atomic E-state index is 13.3. The number of carbonyl (C=O) groups is 1. The van der Waals surface area contributed by atoms with Gasteiger partial charge in [-0.25, -0.2) is 28.5 Å². The fraction of sp³-hybridized carbons (Fsp3) is 0.467. The summed E-state index contributed by atoms with van der Waals surface area (Å²) in [6.07, 6.45) is 4.53. The third-order valence-corrected chi connectivity index (χ3v) is 4.76. The van der Waals surface area contributed by atoms with E-state index in [0.29, 0.717) is 25.6 Å². The van der Waals surface area contributed by atoms with Crippen LogP contribution in [0.15, 0.2) is 18.7 Å². The van der Waals surface area contributed by atoms with Gasteiger partial charge in [0.1, 0.15) is 0 Å². The van der Waals surface area contributed by atoms with Gasteiger partial charge in [-0.05, 0) is 6.92 Å². The zero-order chi connectivity index (χ0) is 17.1. The second-order valence-electron chi connectivity index (χ2n) is 6.31. The quantitative estimate of drug-likeness (QED) is 0.910. The third kappa shape index (κ3) is 2.31. The predicted molar refractivity (Wildman–Crippen MR) is 79.2 cm³/mol. The normalized spacial score (nSPS) is 24.0. The third-order valence-electron chi connectivity index (χ3n) is 4.76. The molecule has 1 aliphatic carbocycles. The summed E-state index contributed by atoms with van der Waals surface area (Å²) in [5, 5.41) is 8.88. The summed E-state index contributed by atoms with van der Waals surface area (Å²) in [6, 6.07) is 0. The van der Waals surface area contributed by atoms with Crippen molar-refractivity contribution in [2.75, 3.05) is 18.0 Å². The first-order chi connectivity index (χ1) is 11.4. The Hall–Kier alpha value is -2.58. The van der Waals surface area contributed by atoms with Crippen molar-refractivity contribution < 1.29 is 18.7 Å². The first kappa shape index (κ1) is 15.0. The number of anilines is 1. The van der Waals surface area contributed by atoms with Crippen LogP contribution in [0.1, 0.15) is 21.7 Å². The van der Waals surface area contributed by atoms with Gasteiger partial charge < -0.3 is 14.6 Å². The van der Waals surface area contributed by atoms with Crippen LogP contribution in [0.3, 0.4) is 0 Å². The highest BCUT2D eigenvalue weighted by Crippen LogP contribution is 2.59. The van der Waals surface area contributed by atoms with Crippen LogP contribution >= 0.6 is 0 Å². The molecule has 0 spiro atoms. The van der Waals surface area contributed by atoms with Crippen molar-refractivity contribution in [3.05, 3.63) is 35.7 Å². The molecule has 0 aromatic carbocycles. The maximum Gasteiger partial charge on any atom is 0.356 e. The second kappa shape index (κ2) is 4.96. The summed E-state index contributed by atoms with van der Waals surface area (Å²) in [5.74, 6) is -4.27. The van der Waals surface area contributed by atoms with E-state index >= 15 is 0 Å². The lowest BCUT2D eigenvalue weighted by Gasteiger charge is -2.20. The SMILES string of the molecule is Cc1nc(N2CC3C(C2)C3(F)F)ncc1Cn1cnc(C(=O)O)c1. The Morgan fingerprint density at radius 2 is 2.08 bits per heavy atom. The van der Waals surface area contributed by atoms with Crippen molar-refractivity contribution in [2.24, 2.45) is 11.8 Å². The molecular formula is C15H15F2N5O2.